The lowest BCUT2D eigenvalue weighted by Gasteiger charge is -2.35. The lowest BCUT2D eigenvalue weighted by atomic mass is 10.2. The average Bonchev–Trinajstić information content (AvgIpc) is 2.69. The average molecular weight is 409 g/mol. The Morgan fingerprint density at radius 3 is 2.30 bits per heavy atom. The molecule has 0 aliphatic carbocycles. The third kappa shape index (κ3) is 5.15. The van der Waals surface area contributed by atoms with Crippen LogP contribution in [0.25, 0.3) is 0 Å². The van der Waals surface area contributed by atoms with Crippen molar-refractivity contribution in [2.45, 2.75) is 13.3 Å². The molecule has 0 bridgehead atoms. The second-order valence-corrected chi connectivity index (χ2v) is 9.00. The number of benzene rings is 2. The van der Waals surface area contributed by atoms with Gasteiger partial charge in [0.05, 0.1) is 16.5 Å². The fourth-order valence-electron chi connectivity index (χ4n) is 3.13. The zero-order chi connectivity index (χ0) is 19.3. The van der Waals surface area contributed by atoms with Crippen LogP contribution in [-0.4, -0.2) is 51.3 Å². The lowest BCUT2D eigenvalue weighted by molar-refractivity contribution is 0.331. The highest BCUT2D eigenvalue weighted by molar-refractivity contribution is 7.89. The highest BCUT2D eigenvalue weighted by atomic mass is 35.5. The molecular formula is C20H25ClN2O3S. The van der Waals surface area contributed by atoms with Crippen molar-refractivity contribution in [2.24, 2.45) is 0 Å². The standard InChI is InChI=1S/C20H25ClN2O3S/c1-2-17-7-9-18(10-8-17)26-15-16-27(24,25)23-13-11-22(12-14-23)20-6-4-3-5-19(20)21/h3-10H,2,11-16H2,1H3. The first-order chi connectivity index (χ1) is 13.0. The molecule has 1 aliphatic heterocycles. The Kier molecular flexibility index (Phi) is 6.63. The summed E-state index contributed by atoms with van der Waals surface area (Å²) in [5.74, 6) is 0.681. The fraction of sp³-hybridized carbons (Fsp3) is 0.400. The number of aryl methyl sites for hydroxylation is 1. The van der Waals surface area contributed by atoms with Gasteiger partial charge in [-0.1, -0.05) is 42.8 Å². The maximum Gasteiger partial charge on any atom is 0.217 e. The molecule has 0 amide bonds. The maximum absolute atomic E-state index is 12.6. The number of anilines is 1. The van der Waals surface area contributed by atoms with Gasteiger partial charge in [-0.15, -0.1) is 0 Å². The molecular weight excluding hydrogens is 384 g/mol. The van der Waals surface area contributed by atoms with E-state index in [1.807, 2.05) is 48.5 Å². The minimum atomic E-state index is -3.33. The van der Waals surface area contributed by atoms with E-state index in [1.54, 1.807) is 4.31 Å². The third-order valence-corrected chi connectivity index (χ3v) is 6.92. The Morgan fingerprint density at radius 2 is 1.67 bits per heavy atom. The first-order valence-electron chi connectivity index (χ1n) is 9.18. The van der Waals surface area contributed by atoms with Crippen molar-refractivity contribution in [1.82, 2.24) is 4.31 Å². The molecule has 0 spiro atoms. The van der Waals surface area contributed by atoms with E-state index in [1.165, 1.54) is 5.56 Å². The molecule has 2 aromatic rings. The molecule has 1 saturated heterocycles. The van der Waals surface area contributed by atoms with Gasteiger partial charge in [-0.3, -0.25) is 0 Å². The Hall–Kier alpha value is -1.76. The highest BCUT2D eigenvalue weighted by Crippen LogP contribution is 2.26. The molecule has 1 aliphatic rings. The van der Waals surface area contributed by atoms with Crippen molar-refractivity contribution < 1.29 is 13.2 Å². The number of hydrogen-bond acceptors (Lipinski definition) is 4. The van der Waals surface area contributed by atoms with Crippen molar-refractivity contribution in [1.29, 1.82) is 0 Å². The van der Waals surface area contributed by atoms with Gasteiger partial charge in [-0.05, 0) is 36.2 Å². The number of hydrogen-bond donors (Lipinski definition) is 0. The van der Waals surface area contributed by atoms with Crippen LogP contribution in [-0.2, 0) is 16.4 Å². The van der Waals surface area contributed by atoms with Gasteiger partial charge < -0.3 is 9.64 Å². The van der Waals surface area contributed by atoms with Gasteiger partial charge in [0.1, 0.15) is 12.4 Å². The van der Waals surface area contributed by atoms with E-state index in [4.69, 9.17) is 16.3 Å². The summed E-state index contributed by atoms with van der Waals surface area (Å²) in [7, 11) is -3.33. The molecule has 3 rings (SSSR count). The van der Waals surface area contributed by atoms with Crippen LogP contribution in [0, 0.1) is 0 Å². The SMILES string of the molecule is CCc1ccc(OCCS(=O)(=O)N2CCN(c3ccccc3Cl)CC2)cc1. The normalized spacial score (nSPS) is 15.7. The minimum Gasteiger partial charge on any atom is -0.492 e. The zero-order valence-electron chi connectivity index (χ0n) is 15.5. The molecule has 0 atom stereocenters. The molecule has 1 fully saturated rings. The summed E-state index contributed by atoms with van der Waals surface area (Å²) in [6.07, 6.45) is 0.967. The van der Waals surface area contributed by atoms with Crippen molar-refractivity contribution in [3.8, 4) is 5.75 Å². The third-order valence-electron chi connectivity index (χ3n) is 4.77. The number of halogens is 1. The van der Waals surface area contributed by atoms with Crippen LogP contribution in [0.15, 0.2) is 48.5 Å². The van der Waals surface area contributed by atoms with Crippen molar-refractivity contribution >= 4 is 27.3 Å². The van der Waals surface area contributed by atoms with Gasteiger partial charge in [0.25, 0.3) is 0 Å². The molecule has 0 saturated carbocycles. The molecule has 0 aromatic heterocycles. The monoisotopic (exact) mass is 408 g/mol. The largest absolute Gasteiger partial charge is 0.492 e. The molecule has 0 radical (unpaired) electrons. The van der Waals surface area contributed by atoms with Crippen LogP contribution < -0.4 is 9.64 Å². The second-order valence-electron chi connectivity index (χ2n) is 6.50. The summed E-state index contributed by atoms with van der Waals surface area (Å²) >= 11 is 6.24. The summed E-state index contributed by atoms with van der Waals surface area (Å²) in [5, 5.41) is 0.691. The van der Waals surface area contributed by atoms with Gasteiger partial charge in [0, 0.05) is 26.2 Å². The van der Waals surface area contributed by atoms with Gasteiger partial charge in [-0.25, -0.2) is 8.42 Å². The van der Waals surface area contributed by atoms with E-state index >= 15 is 0 Å². The highest BCUT2D eigenvalue weighted by Gasteiger charge is 2.27. The molecule has 1 heterocycles. The summed E-state index contributed by atoms with van der Waals surface area (Å²) in [6.45, 7) is 4.41. The second kappa shape index (κ2) is 8.95. The fourth-order valence-corrected chi connectivity index (χ4v) is 4.66. The topological polar surface area (TPSA) is 49.9 Å². The van der Waals surface area contributed by atoms with Crippen LogP contribution in [0.4, 0.5) is 5.69 Å². The van der Waals surface area contributed by atoms with E-state index in [0.717, 1.165) is 12.1 Å². The van der Waals surface area contributed by atoms with Crippen molar-refractivity contribution in [2.75, 3.05) is 43.4 Å². The smallest absolute Gasteiger partial charge is 0.217 e. The Morgan fingerprint density at radius 1 is 1.00 bits per heavy atom. The van der Waals surface area contributed by atoms with E-state index in [9.17, 15) is 8.42 Å². The predicted octanol–water partition coefficient (Wildman–Crippen LogP) is 3.43. The van der Waals surface area contributed by atoms with Crippen LogP contribution in [0.3, 0.4) is 0 Å². The van der Waals surface area contributed by atoms with Gasteiger partial charge in [-0.2, -0.15) is 4.31 Å². The Labute approximate surface area is 166 Å². The predicted molar refractivity (Wildman–Crippen MR) is 110 cm³/mol. The number of sulfonamides is 1. The van der Waals surface area contributed by atoms with E-state index in [2.05, 4.69) is 11.8 Å². The maximum atomic E-state index is 12.6. The first-order valence-corrected chi connectivity index (χ1v) is 11.2. The Balaban J connectivity index is 1.50. The summed E-state index contributed by atoms with van der Waals surface area (Å²) in [5.41, 5.74) is 2.18. The lowest BCUT2D eigenvalue weighted by Crippen LogP contribution is -2.49. The molecule has 2 aromatic carbocycles. The first kappa shape index (κ1) is 20.0. The molecule has 146 valence electrons. The summed E-state index contributed by atoms with van der Waals surface area (Å²) in [6, 6.07) is 15.4. The van der Waals surface area contributed by atoms with Crippen LogP contribution in [0.1, 0.15) is 12.5 Å². The van der Waals surface area contributed by atoms with Crippen LogP contribution >= 0.6 is 11.6 Å². The molecule has 27 heavy (non-hydrogen) atoms. The molecule has 5 nitrogen and oxygen atoms in total. The summed E-state index contributed by atoms with van der Waals surface area (Å²) in [4.78, 5) is 2.13. The van der Waals surface area contributed by atoms with Gasteiger partial charge in [0.2, 0.25) is 10.0 Å². The number of para-hydroxylation sites is 1. The quantitative estimate of drug-likeness (QED) is 0.704. The molecule has 7 heteroatoms. The minimum absolute atomic E-state index is 0.0192. The number of rotatable bonds is 7. The van der Waals surface area contributed by atoms with Crippen LogP contribution in [0.2, 0.25) is 5.02 Å². The zero-order valence-corrected chi connectivity index (χ0v) is 17.0. The van der Waals surface area contributed by atoms with E-state index in [-0.39, 0.29) is 12.4 Å². The number of piperazine rings is 1. The van der Waals surface area contributed by atoms with Crippen molar-refractivity contribution in [3.05, 3.63) is 59.1 Å². The van der Waals surface area contributed by atoms with Crippen molar-refractivity contribution in [3.63, 3.8) is 0 Å². The number of ether oxygens (including phenoxy) is 1. The summed E-state index contributed by atoms with van der Waals surface area (Å²) < 4.78 is 32.3. The van der Waals surface area contributed by atoms with Gasteiger partial charge in [0.15, 0.2) is 0 Å². The molecule has 0 unspecified atom stereocenters. The van der Waals surface area contributed by atoms with Gasteiger partial charge >= 0.3 is 0 Å². The number of nitrogens with zero attached hydrogens (tertiary/aromatic N) is 2. The molecule has 0 N–H and O–H groups in total. The van der Waals surface area contributed by atoms with E-state index < -0.39 is 10.0 Å². The van der Waals surface area contributed by atoms with Crippen LogP contribution in [0.5, 0.6) is 5.75 Å². The Bertz CT molecular complexity index is 848. The van der Waals surface area contributed by atoms with E-state index in [0.29, 0.717) is 37.0 Å².